The molecule has 178 valence electrons. The van der Waals surface area contributed by atoms with Gasteiger partial charge in [-0.3, -0.25) is 4.79 Å². The Morgan fingerprint density at radius 3 is 2.83 bits per heavy atom. The van der Waals surface area contributed by atoms with E-state index in [-0.39, 0.29) is 17.0 Å². The number of carbonyl (C=O) groups is 1. The number of nitrogens with zero attached hydrogens (tertiary/aromatic N) is 2. The summed E-state index contributed by atoms with van der Waals surface area (Å²) in [4.78, 5) is 30.6. The van der Waals surface area contributed by atoms with Crippen molar-refractivity contribution < 1.29 is 19.3 Å². The summed E-state index contributed by atoms with van der Waals surface area (Å²) in [5, 5.41) is 15.0. The van der Waals surface area contributed by atoms with Gasteiger partial charge in [0.05, 0.1) is 5.39 Å². The summed E-state index contributed by atoms with van der Waals surface area (Å²) in [5.74, 6) is -1.91. The minimum Gasteiger partial charge on any atom is -0.477 e. The molecule has 0 saturated carbocycles. The molecule has 35 heavy (non-hydrogen) atoms. The number of pyridine rings is 1. The van der Waals surface area contributed by atoms with Crippen LogP contribution in [-0.2, 0) is 0 Å². The number of nitrogens with one attached hydrogen (secondary N) is 2. The number of benzene rings is 2. The first-order valence-electron chi connectivity index (χ1n) is 11.9. The molecule has 1 aliphatic carbocycles. The van der Waals surface area contributed by atoms with Crippen LogP contribution in [0.15, 0.2) is 41.3 Å². The van der Waals surface area contributed by atoms with Crippen LogP contribution in [0.2, 0.25) is 0 Å². The van der Waals surface area contributed by atoms with Crippen molar-refractivity contribution in [1.82, 2.24) is 9.47 Å². The third-order valence-corrected chi connectivity index (χ3v) is 7.48. The highest BCUT2D eigenvalue weighted by Gasteiger charge is 2.34. The molecule has 3 aliphatic rings. The number of carboxylic acid groups (broad SMARTS) is 1. The molecule has 2 aromatic carbocycles. The molecule has 2 atom stereocenters. The zero-order valence-electron chi connectivity index (χ0n) is 19.3. The second-order valence-corrected chi connectivity index (χ2v) is 9.55. The Labute approximate surface area is 200 Å². The van der Waals surface area contributed by atoms with Gasteiger partial charge in [0.25, 0.3) is 5.69 Å². The zero-order valence-corrected chi connectivity index (χ0v) is 19.3. The first-order chi connectivity index (χ1) is 16.9. The molecule has 0 bridgehead atoms. The number of aromatic carboxylic acids is 1. The maximum atomic E-state index is 15.4. The Morgan fingerprint density at radius 1 is 1.29 bits per heavy atom. The zero-order chi connectivity index (χ0) is 24.3. The summed E-state index contributed by atoms with van der Waals surface area (Å²) < 4.78 is 17.2. The summed E-state index contributed by atoms with van der Waals surface area (Å²) >= 11 is 0. The molecule has 0 spiro atoms. The second-order valence-electron chi connectivity index (χ2n) is 9.55. The minimum atomic E-state index is -1.33. The van der Waals surface area contributed by atoms with Crippen LogP contribution in [-0.4, -0.2) is 52.4 Å². The fourth-order valence-electron chi connectivity index (χ4n) is 5.65. The van der Waals surface area contributed by atoms with Crippen LogP contribution in [0, 0.1) is 5.82 Å². The van der Waals surface area contributed by atoms with E-state index in [4.69, 9.17) is 0 Å². The largest absolute Gasteiger partial charge is 0.477 e. The fourth-order valence-corrected chi connectivity index (χ4v) is 5.65. The predicted molar refractivity (Wildman–Crippen MR) is 133 cm³/mol. The second kappa shape index (κ2) is 8.16. The molecule has 1 aromatic heterocycles. The smallest absolute Gasteiger partial charge is 0.341 e. The fraction of sp³-hybridized carbons (Fsp3) is 0.296. The Balaban J connectivity index is 1.54. The van der Waals surface area contributed by atoms with E-state index in [1.807, 2.05) is 36.4 Å². The monoisotopic (exact) mass is 473 g/mol. The number of fused-ring (bicyclic) bond motifs is 3. The van der Waals surface area contributed by atoms with Gasteiger partial charge in [-0.2, -0.15) is 0 Å². The molecule has 1 fully saturated rings. The molecule has 0 radical (unpaired) electrons. The minimum absolute atomic E-state index is 0.0530. The summed E-state index contributed by atoms with van der Waals surface area (Å²) in [6.07, 6.45) is 8.59. The van der Waals surface area contributed by atoms with Gasteiger partial charge in [-0.1, -0.05) is 24.3 Å². The first kappa shape index (κ1) is 21.7. The molecule has 2 unspecified atom stereocenters. The standard InChI is InChI=1S/C27H25FN4O3/c1-31-10-4-7-17(31)8-9-29-23-20(28)13-18-25-24(23)30-21-11-15-5-2-3-6-16(15)12-22(21)32(25)14-19(26(18)33)27(34)35/h2-3,5-6,11-14,17,22,29H,4,7-10H2,1H3,(H,34,35)/p+1. The van der Waals surface area contributed by atoms with Crippen LogP contribution < -0.4 is 26.2 Å². The van der Waals surface area contributed by atoms with Gasteiger partial charge < -0.3 is 19.9 Å². The topological polar surface area (TPSA) is 88.5 Å². The summed E-state index contributed by atoms with van der Waals surface area (Å²) in [6, 6.07) is 9.18. The van der Waals surface area contributed by atoms with Crippen molar-refractivity contribution in [1.29, 1.82) is 0 Å². The van der Waals surface area contributed by atoms with Gasteiger partial charge in [0.15, 0.2) is 5.82 Å². The number of carboxylic acids is 1. The highest BCUT2D eigenvalue weighted by Crippen LogP contribution is 2.34. The van der Waals surface area contributed by atoms with E-state index in [0.29, 0.717) is 29.5 Å². The maximum absolute atomic E-state index is 15.4. The number of rotatable bonds is 5. The molecular weight excluding hydrogens is 447 g/mol. The van der Waals surface area contributed by atoms with E-state index in [2.05, 4.69) is 22.3 Å². The van der Waals surface area contributed by atoms with Crippen molar-refractivity contribution in [2.75, 3.05) is 25.5 Å². The summed E-state index contributed by atoms with van der Waals surface area (Å²) in [7, 11) is 2.11. The Kier molecular flexibility index (Phi) is 5.07. The third-order valence-electron chi connectivity index (χ3n) is 7.48. The number of halogens is 1. The van der Waals surface area contributed by atoms with Crippen LogP contribution >= 0.6 is 0 Å². The molecule has 8 heteroatoms. The van der Waals surface area contributed by atoms with Gasteiger partial charge in [-0.25, -0.2) is 14.2 Å². The van der Waals surface area contributed by atoms with E-state index >= 15 is 4.39 Å². The lowest BCUT2D eigenvalue weighted by atomic mass is 9.97. The predicted octanol–water partition coefficient (Wildman–Crippen LogP) is 0.718. The molecule has 3 heterocycles. The van der Waals surface area contributed by atoms with Gasteiger partial charge in [-0.05, 0) is 55.4 Å². The van der Waals surface area contributed by atoms with Gasteiger partial charge >= 0.3 is 5.97 Å². The van der Waals surface area contributed by atoms with Crippen molar-refractivity contribution in [2.24, 2.45) is 0 Å². The summed E-state index contributed by atoms with van der Waals surface area (Å²) in [6.45, 7) is 1.66. The number of likely N-dealkylation sites (tertiary alicyclic amines) is 1. The molecular formula is C27H26FN4O3+. The average molecular weight is 474 g/mol. The van der Waals surface area contributed by atoms with Crippen LogP contribution in [0.3, 0.4) is 0 Å². The number of hydrogen-bond donors (Lipinski definition) is 3. The lowest BCUT2D eigenvalue weighted by Crippen LogP contribution is -2.71. The van der Waals surface area contributed by atoms with Gasteiger partial charge in [0.2, 0.25) is 11.1 Å². The van der Waals surface area contributed by atoms with Crippen molar-refractivity contribution in [2.45, 2.75) is 31.3 Å². The van der Waals surface area contributed by atoms with E-state index in [1.165, 1.54) is 18.7 Å². The molecule has 3 N–H and O–H groups in total. The van der Waals surface area contributed by atoms with Crippen LogP contribution in [0.1, 0.15) is 35.7 Å². The molecule has 1 saturated heterocycles. The third kappa shape index (κ3) is 3.47. The lowest BCUT2D eigenvalue weighted by molar-refractivity contribution is -0.353. The van der Waals surface area contributed by atoms with Crippen molar-refractivity contribution in [3.05, 3.63) is 68.6 Å². The van der Waals surface area contributed by atoms with E-state index < -0.39 is 17.2 Å². The molecule has 3 aromatic rings. The van der Waals surface area contributed by atoms with E-state index in [9.17, 15) is 14.7 Å². The van der Waals surface area contributed by atoms with Crippen molar-refractivity contribution >= 4 is 46.1 Å². The average Bonchev–Trinajstić information content (AvgIpc) is 3.25. The number of hydrogen-bond acceptors (Lipinski definition) is 4. The van der Waals surface area contributed by atoms with Crippen LogP contribution in [0.25, 0.3) is 23.1 Å². The molecule has 2 aliphatic heterocycles. The van der Waals surface area contributed by atoms with Gasteiger partial charge in [-0.15, -0.1) is 0 Å². The van der Waals surface area contributed by atoms with E-state index in [0.717, 1.165) is 35.5 Å². The van der Waals surface area contributed by atoms with Gasteiger partial charge in [0, 0.05) is 24.9 Å². The lowest BCUT2D eigenvalue weighted by Gasteiger charge is -2.25. The van der Waals surface area contributed by atoms with Crippen molar-refractivity contribution in [3.8, 4) is 0 Å². The van der Waals surface area contributed by atoms with Crippen molar-refractivity contribution in [3.63, 3.8) is 0 Å². The maximum Gasteiger partial charge on any atom is 0.341 e. The first-order valence-corrected chi connectivity index (χ1v) is 11.9. The number of anilines is 1. The van der Waals surface area contributed by atoms with E-state index in [1.54, 1.807) is 4.57 Å². The van der Waals surface area contributed by atoms with Gasteiger partial charge in [0.1, 0.15) is 22.8 Å². The summed E-state index contributed by atoms with van der Waals surface area (Å²) in [5.41, 5.74) is 0.993. The molecule has 6 rings (SSSR count). The molecule has 7 nitrogen and oxygen atoms in total. The quantitative estimate of drug-likeness (QED) is 0.508. The van der Waals surface area contributed by atoms with Crippen LogP contribution in [0.5, 0.6) is 0 Å². The normalized spacial score (nSPS) is 20.5. The Hall–Kier alpha value is -3.78. The SMILES string of the molecule is CN1CCCC1CCNc1c(F)cc2c(=O)c(C(=O)O)cn3c2c1[NH+]=C1C=c2ccccc2=CC13. The molecule has 0 amide bonds. The highest BCUT2D eigenvalue weighted by atomic mass is 19.1. The van der Waals surface area contributed by atoms with Crippen LogP contribution in [0.4, 0.5) is 15.8 Å². The Bertz CT molecular complexity index is 1610. The number of aromatic nitrogens is 1. The Morgan fingerprint density at radius 2 is 2.09 bits per heavy atom. The highest BCUT2D eigenvalue weighted by molar-refractivity contribution is 6.15.